The molecule has 0 aliphatic heterocycles. The fraction of sp³-hybridized carbons (Fsp3) is 1.00. The third kappa shape index (κ3) is 4.58. The van der Waals surface area contributed by atoms with Crippen LogP contribution in [0.4, 0.5) is 0 Å². The van der Waals surface area contributed by atoms with Crippen molar-refractivity contribution in [2.24, 2.45) is 47.2 Å². The second-order valence-corrected chi connectivity index (χ2v) is 12.8. The highest BCUT2D eigenvalue weighted by molar-refractivity contribution is 7.99. The lowest BCUT2D eigenvalue weighted by Gasteiger charge is -2.65. The van der Waals surface area contributed by atoms with E-state index in [-0.39, 0.29) is 18.3 Å². The van der Waals surface area contributed by atoms with Gasteiger partial charge in [0.2, 0.25) is 0 Å². The van der Waals surface area contributed by atoms with Gasteiger partial charge in [-0.15, -0.1) is 0 Å². The van der Waals surface area contributed by atoms with Crippen LogP contribution in [-0.4, -0.2) is 126 Å². The fourth-order valence-electron chi connectivity index (χ4n) is 7.99. The summed E-state index contributed by atoms with van der Waals surface area (Å²) < 4.78 is 0. The summed E-state index contributed by atoms with van der Waals surface area (Å²) in [5.41, 5.74) is 3.30. The Morgan fingerprint density at radius 2 is 1.63 bits per heavy atom. The molecule has 204 valence electrons. The molecular formula is C24H44N2O8S. The molecule has 11 heteroatoms. The molecule has 0 spiro atoms. The molecule has 0 bridgehead atoms. The van der Waals surface area contributed by atoms with Gasteiger partial charge in [0.05, 0.1) is 42.5 Å². The molecule has 4 fully saturated rings. The second-order valence-electron chi connectivity index (χ2n) is 11.7. The molecule has 0 aromatic carbocycles. The van der Waals surface area contributed by atoms with Gasteiger partial charge in [-0.05, 0) is 56.9 Å². The molecule has 4 aliphatic carbocycles. The van der Waals surface area contributed by atoms with E-state index in [1.54, 1.807) is 11.8 Å². The number of aliphatic hydroxyl groups excluding tert-OH is 7. The van der Waals surface area contributed by atoms with Gasteiger partial charge in [-0.25, -0.2) is 0 Å². The minimum absolute atomic E-state index is 0.0491. The molecule has 0 radical (unpaired) electrons. The Bertz CT molecular complexity index is 734. The zero-order valence-corrected chi connectivity index (χ0v) is 21.4. The van der Waals surface area contributed by atoms with Crippen molar-refractivity contribution in [2.75, 3.05) is 32.1 Å². The van der Waals surface area contributed by atoms with E-state index >= 15 is 0 Å². The van der Waals surface area contributed by atoms with Crippen LogP contribution in [0.15, 0.2) is 0 Å². The number of hydrogen-bond acceptors (Lipinski definition) is 11. The Morgan fingerprint density at radius 3 is 2.26 bits per heavy atom. The van der Waals surface area contributed by atoms with Crippen LogP contribution < -0.4 is 5.73 Å². The van der Waals surface area contributed by atoms with Crippen molar-refractivity contribution in [2.45, 2.75) is 74.1 Å². The minimum Gasteiger partial charge on any atom is -0.393 e. The number of thioether (sulfide) groups is 1. The highest BCUT2D eigenvalue weighted by atomic mass is 32.2. The SMILES string of the molecule is CN(C)CCSC[C@H]1C2CCCC(O)C2C(O)C2C(O)[C@]3(O)C(O)C(C(N)O)C(O)C[C@@H]3[C@@H](O)[C@@H]21. The van der Waals surface area contributed by atoms with Crippen molar-refractivity contribution in [3.8, 4) is 0 Å². The van der Waals surface area contributed by atoms with Crippen LogP contribution in [0.25, 0.3) is 0 Å². The molecule has 0 aromatic rings. The van der Waals surface area contributed by atoms with Gasteiger partial charge in [0.15, 0.2) is 0 Å². The lowest BCUT2D eigenvalue weighted by molar-refractivity contribution is -0.323. The average Bonchev–Trinajstić information content (AvgIpc) is 2.77. The Balaban J connectivity index is 1.71. The van der Waals surface area contributed by atoms with E-state index in [9.17, 15) is 40.9 Å². The van der Waals surface area contributed by atoms with Gasteiger partial charge in [-0.3, -0.25) is 0 Å². The van der Waals surface area contributed by atoms with Crippen molar-refractivity contribution in [3.63, 3.8) is 0 Å². The van der Waals surface area contributed by atoms with Crippen LogP contribution in [0.2, 0.25) is 0 Å². The smallest absolute Gasteiger partial charge is 0.122 e. The molecule has 10 nitrogen and oxygen atoms in total. The van der Waals surface area contributed by atoms with Gasteiger partial charge < -0.3 is 51.5 Å². The van der Waals surface area contributed by atoms with Crippen LogP contribution >= 0.6 is 11.8 Å². The first-order valence-corrected chi connectivity index (χ1v) is 14.0. The summed E-state index contributed by atoms with van der Waals surface area (Å²) in [6.45, 7) is 0.875. The monoisotopic (exact) mass is 520 g/mol. The lowest BCUT2D eigenvalue weighted by Crippen LogP contribution is -2.78. The normalized spacial score (nSPS) is 53.0. The van der Waals surface area contributed by atoms with Crippen LogP contribution in [0.3, 0.4) is 0 Å². The first-order chi connectivity index (χ1) is 16.4. The van der Waals surface area contributed by atoms with Crippen LogP contribution in [0.5, 0.6) is 0 Å². The molecule has 4 saturated carbocycles. The number of aliphatic hydroxyl groups is 8. The van der Waals surface area contributed by atoms with Crippen molar-refractivity contribution >= 4 is 11.8 Å². The molecule has 0 saturated heterocycles. The van der Waals surface area contributed by atoms with Gasteiger partial charge in [0.25, 0.3) is 0 Å². The maximum Gasteiger partial charge on any atom is 0.122 e. The molecule has 4 aliphatic rings. The van der Waals surface area contributed by atoms with Crippen LogP contribution in [0.1, 0.15) is 25.7 Å². The van der Waals surface area contributed by atoms with E-state index < -0.39 is 78.0 Å². The van der Waals surface area contributed by atoms with E-state index in [2.05, 4.69) is 4.90 Å². The maximum atomic E-state index is 11.7. The summed E-state index contributed by atoms with van der Waals surface area (Å²) in [7, 11) is 3.99. The third-order valence-electron chi connectivity index (χ3n) is 9.66. The molecule has 4 rings (SSSR count). The number of fused-ring (bicyclic) bond motifs is 3. The standard InChI is InChI=1S/C24H44N2O8S/c1-26(2)6-7-35-9-11-10-4-3-5-13(27)15(10)20(30)18-16(11)19(29)12-8-14(28)17(23(25)33)21(31)24(12,34)22(18)32/h10-23,27-34H,3-9,25H2,1-2H3/t10?,11-,12+,13?,14?,15?,16+,17?,18?,19+,20?,21?,22?,23?,24+/m0/s1. The molecule has 10 N–H and O–H groups in total. The topological polar surface area (TPSA) is 191 Å². The van der Waals surface area contributed by atoms with Gasteiger partial charge in [-0.2, -0.15) is 11.8 Å². The highest BCUT2D eigenvalue weighted by Crippen LogP contribution is 2.59. The minimum atomic E-state index is -2.28. The fourth-order valence-corrected chi connectivity index (χ4v) is 9.39. The van der Waals surface area contributed by atoms with Crippen molar-refractivity contribution in [3.05, 3.63) is 0 Å². The lowest BCUT2D eigenvalue weighted by atomic mass is 9.45. The number of nitrogens with two attached hydrogens (primary N) is 1. The third-order valence-corrected chi connectivity index (χ3v) is 10.7. The number of rotatable bonds is 6. The van der Waals surface area contributed by atoms with Crippen molar-refractivity contribution in [1.29, 1.82) is 0 Å². The summed E-state index contributed by atoms with van der Waals surface area (Å²) in [6.07, 6.45) is -7.52. The molecule has 0 heterocycles. The van der Waals surface area contributed by atoms with Crippen LogP contribution in [0, 0.1) is 41.4 Å². The predicted molar refractivity (Wildman–Crippen MR) is 130 cm³/mol. The van der Waals surface area contributed by atoms with Gasteiger partial charge in [0.1, 0.15) is 11.8 Å². The molecule has 0 aromatic heterocycles. The summed E-state index contributed by atoms with van der Waals surface area (Å²) in [5.74, 6) is -3.10. The summed E-state index contributed by atoms with van der Waals surface area (Å²) >= 11 is 1.73. The first-order valence-electron chi connectivity index (χ1n) is 12.9. The van der Waals surface area contributed by atoms with Crippen LogP contribution in [-0.2, 0) is 0 Å². The number of hydrogen-bond donors (Lipinski definition) is 9. The predicted octanol–water partition coefficient (Wildman–Crippen LogP) is -2.62. The van der Waals surface area contributed by atoms with E-state index in [1.165, 1.54) is 0 Å². The molecule has 35 heavy (non-hydrogen) atoms. The van der Waals surface area contributed by atoms with Gasteiger partial charge in [0, 0.05) is 30.1 Å². The zero-order chi connectivity index (χ0) is 25.8. The Kier molecular flexibility index (Phi) is 8.48. The zero-order valence-electron chi connectivity index (χ0n) is 20.5. The van der Waals surface area contributed by atoms with E-state index in [0.29, 0.717) is 12.2 Å². The van der Waals surface area contributed by atoms with E-state index in [0.717, 1.165) is 25.1 Å². The molecule has 15 atom stereocenters. The summed E-state index contributed by atoms with van der Waals surface area (Å²) in [5, 5.41) is 88.9. The van der Waals surface area contributed by atoms with Crippen molar-refractivity contribution < 1.29 is 40.9 Å². The molecular weight excluding hydrogens is 476 g/mol. The van der Waals surface area contributed by atoms with Crippen molar-refractivity contribution in [1.82, 2.24) is 4.90 Å². The Labute approximate surface area is 211 Å². The quantitative estimate of drug-likeness (QED) is 0.132. The first kappa shape index (κ1) is 28.0. The molecule has 10 unspecified atom stereocenters. The number of nitrogens with zero attached hydrogens (tertiary/aromatic N) is 1. The second kappa shape index (κ2) is 10.6. The van der Waals surface area contributed by atoms with E-state index in [4.69, 9.17) is 5.73 Å². The average molecular weight is 521 g/mol. The summed E-state index contributed by atoms with van der Waals surface area (Å²) in [4.78, 5) is 2.08. The maximum absolute atomic E-state index is 11.7. The largest absolute Gasteiger partial charge is 0.393 e. The van der Waals surface area contributed by atoms with Gasteiger partial charge >= 0.3 is 0 Å². The van der Waals surface area contributed by atoms with E-state index in [1.807, 2.05) is 14.1 Å². The Hall–Kier alpha value is -0.0500. The molecule has 0 amide bonds. The Morgan fingerprint density at radius 1 is 0.943 bits per heavy atom. The highest BCUT2D eigenvalue weighted by Gasteiger charge is 2.70. The summed E-state index contributed by atoms with van der Waals surface area (Å²) in [6, 6.07) is 0. The van der Waals surface area contributed by atoms with Gasteiger partial charge in [-0.1, -0.05) is 6.42 Å².